The maximum Gasteiger partial charge on any atom is -0.0122 e. The average Bonchev–Trinajstić information content (AvgIpc) is 2.50. The van der Waals surface area contributed by atoms with Crippen LogP contribution >= 0.6 is 0 Å². The molecule has 0 aromatic heterocycles. The monoisotopic (exact) mass is 234 g/mol. The third kappa shape index (κ3) is 1.60. The summed E-state index contributed by atoms with van der Waals surface area (Å²) in [5, 5.41) is 0. The first-order valence-electron chi connectivity index (χ1n) is 6.55. The van der Waals surface area contributed by atoms with E-state index < -0.39 is 0 Å². The summed E-state index contributed by atoms with van der Waals surface area (Å²) >= 11 is 0. The number of hydrogen-bond acceptors (Lipinski definition) is 0. The molecule has 0 amide bonds. The van der Waals surface area contributed by atoms with Crippen LogP contribution in [0.15, 0.2) is 43.0 Å². The van der Waals surface area contributed by atoms with Gasteiger partial charge in [0.15, 0.2) is 0 Å². The minimum atomic E-state index is 1.12. The van der Waals surface area contributed by atoms with Crippen LogP contribution in [0.5, 0.6) is 0 Å². The van der Waals surface area contributed by atoms with Crippen LogP contribution in [-0.4, -0.2) is 0 Å². The first kappa shape index (κ1) is 11.3. The molecule has 1 aliphatic carbocycles. The third-order valence-corrected chi connectivity index (χ3v) is 4.04. The molecule has 0 bridgehead atoms. The molecule has 0 nitrogen and oxygen atoms in total. The highest BCUT2D eigenvalue weighted by Crippen LogP contribution is 2.35. The van der Waals surface area contributed by atoms with Crippen molar-refractivity contribution >= 4 is 5.57 Å². The number of benzene rings is 2. The Labute approximate surface area is 109 Å². The molecule has 2 aromatic carbocycles. The van der Waals surface area contributed by atoms with E-state index in [1.54, 1.807) is 0 Å². The Balaban J connectivity index is 2.27. The Morgan fingerprint density at radius 1 is 0.889 bits per heavy atom. The fourth-order valence-corrected chi connectivity index (χ4v) is 3.08. The largest absolute Gasteiger partial charge is 0.0905 e. The lowest BCUT2D eigenvalue weighted by atomic mass is 9.91. The molecule has 0 spiro atoms. The van der Waals surface area contributed by atoms with E-state index in [4.69, 9.17) is 0 Å². The Morgan fingerprint density at radius 2 is 1.61 bits per heavy atom. The van der Waals surface area contributed by atoms with Gasteiger partial charge in [-0.3, -0.25) is 0 Å². The van der Waals surface area contributed by atoms with Gasteiger partial charge in [0.2, 0.25) is 0 Å². The van der Waals surface area contributed by atoms with Crippen LogP contribution in [0, 0.1) is 13.8 Å². The number of hydrogen-bond donors (Lipinski definition) is 0. The van der Waals surface area contributed by atoms with Crippen molar-refractivity contribution in [2.24, 2.45) is 0 Å². The van der Waals surface area contributed by atoms with E-state index in [0.29, 0.717) is 0 Å². The second-order valence-electron chi connectivity index (χ2n) is 5.19. The smallest absolute Gasteiger partial charge is 0.0122 e. The summed E-state index contributed by atoms with van der Waals surface area (Å²) in [6, 6.07) is 13.1. The quantitative estimate of drug-likeness (QED) is 0.631. The predicted octanol–water partition coefficient (Wildman–Crippen LogP) is 4.46. The zero-order valence-electron chi connectivity index (χ0n) is 11.1. The van der Waals surface area contributed by atoms with Gasteiger partial charge < -0.3 is 0 Å². The molecular weight excluding hydrogens is 216 g/mol. The molecule has 18 heavy (non-hydrogen) atoms. The zero-order chi connectivity index (χ0) is 12.7. The molecule has 0 fully saturated rings. The zero-order valence-corrected chi connectivity index (χ0v) is 11.1. The molecule has 0 radical (unpaired) electrons. The number of fused-ring (bicyclic) bond motifs is 2. The van der Waals surface area contributed by atoms with E-state index in [0.717, 1.165) is 12.8 Å². The molecule has 1 aliphatic rings. The molecule has 0 aliphatic heterocycles. The van der Waals surface area contributed by atoms with Crippen LogP contribution in [0.25, 0.3) is 5.57 Å². The van der Waals surface area contributed by atoms with E-state index in [-0.39, 0.29) is 0 Å². The normalized spacial score (nSPS) is 13.8. The van der Waals surface area contributed by atoms with Crippen LogP contribution in [0.1, 0.15) is 33.4 Å². The summed E-state index contributed by atoms with van der Waals surface area (Å²) < 4.78 is 0. The highest BCUT2D eigenvalue weighted by Gasteiger charge is 2.18. The standard InChI is InChI=1S/C18H18/c1-12-6-5-9-17-14(3)18-13(2)7-4-8-15(18)10-11-16(12)17/h4-9H,3,10-11H2,1-2H3. The molecule has 0 atom stereocenters. The minimum Gasteiger partial charge on any atom is -0.0905 e. The van der Waals surface area contributed by atoms with Gasteiger partial charge in [-0.05, 0) is 65.6 Å². The molecule has 0 saturated heterocycles. The number of rotatable bonds is 0. The Morgan fingerprint density at radius 3 is 2.44 bits per heavy atom. The van der Waals surface area contributed by atoms with Crippen LogP contribution in [-0.2, 0) is 12.8 Å². The maximum absolute atomic E-state index is 4.36. The van der Waals surface area contributed by atoms with Gasteiger partial charge in [-0.25, -0.2) is 0 Å². The fourth-order valence-electron chi connectivity index (χ4n) is 3.08. The summed E-state index contributed by atoms with van der Waals surface area (Å²) in [7, 11) is 0. The second kappa shape index (κ2) is 4.13. The van der Waals surface area contributed by atoms with Gasteiger partial charge in [0.25, 0.3) is 0 Å². The first-order valence-corrected chi connectivity index (χ1v) is 6.55. The molecule has 0 N–H and O–H groups in total. The molecule has 2 aromatic rings. The number of aryl methyl sites for hydroxylation is 3. The summed E-state index contributed by atoms with van der Waals surface area (Å²) in [6.07, 6.45) is 2.24. The van der Waals surface area contributed by atoms with Crippen molar-refractivity contribution < 1.29 is 0 Å². The highest BCUT2D eigenvalue weighted by molar-refractivity contribution is 5.84. The van der Waals surface area contributed by atoms with Gasteiger partial charge in [0.1, 0.15) is 0 Å². The molecule has 0 unspecified atom stereocenters. The molecule has 0 heterocycles. The van der Waals surface area contributed by atoms with Crippen molar-refractivity contribution in [2.75, 3.05) is 0 Å². The molecule has 0 saturated carbocycles. The third-order valence-electron chi connectivity index (χ3n) is 4.04. The van der Waals surface area contributed by atoms with Crippen molar-refractivity contribution in [3.8, 4) is 0 Å². The Bertz CT molecular complexity index is 632. The summed E-state index contributed by atoms with van der Waals surface area (Å²) in [5.41, 5.74) is 9.53. The first-order chi connectivity index (χ1) is 8.68. The molecule has 3 rings (SSSR count). The average molecular weight is 234 g/mol. The molecular formula is C18H18. The van der Waals surface area contributed by atoms with Gasteiger partial charge in [-0.2, -0.15) is 0 Å². The Hall–Kier alpha value is -1.82. The van der Waals surface area contributed by atoms with Crippen molar-refractivity contribution in [3.05, 3.63) is 76.4 Å². The van der Waals surface area contributed by atoms with Gasteiger partial charge in [-0.15, -0.1) is 0 Å². The second-order valence-corrected chi connectivity index (χ2v) is 5.19. The summed E-state index contributed by atoms with van der Waals surface area (Å²) in [6.45, 7) is 8.75. The summed E-state index contributed by atoms with van der Waals surface area (Å²) in [5.74, 6) is 0. The van der Waals surface area contributed by atoms with E-state index in [1.165, 1.54) is 39.0 Å². The van der Waals surface area contributed by atoms with Gasteiger partial charge in [-0.1, -0.05) is 43.0 Å². The van der Waals surface area contributed by atoms with Gasteiger partial charge in [0.05, 0.1) is 0 Å². The summed E-state index contributed by atoms with van der Waals surface area (Å²) in [4.78, 5) is 0. The van der Waals surface area contributed by atoms with Crippen LogP contribution in [0.3, 0.4) is 0 Å². The van der Waals surface area contributed by atoms with Crippen molar-refractivity contribution in [1.29, 1.82) is 0 Å². The lowest BCUT2D eigenvalue weighted by Gasteiger charge is -2.13. The predicted molar refractivity (Wildman–Crippen MR) is 77.9 cm³/mol. The van der Waals surface area contributed by atoms with Crippen molar-refractivity contribution in [1.82, 2.24) is 0 Å². The van der Waals surface area contributed by atoms with E-state index in [9.17, 15) is 0 Å². The topological polar surface area (TPSA) is 0 Å². The van der Waals surface area contributed by atoms with Gasteiger partial charge in [0, 0.05) is 0 Å². The van der Waals surface area contributed by atoms with Crippen molar-refractivity contribution in [2.45, 2.75) is 26.7 Å². The highest BCUT2D eigenvalue weighted by atomic mass is 14.2. The van der Waals surface area contributed by atoms with E-state index in [2.05, 4.69) is 56.8 Å². The van der Waals surface area contributed by atoms with Crippen molar-refractivity contribution in [3.63, 3.8) is 0 Å². The van der Waals surface area contributed by atoms with Crippen LogP contribution in [0.2, 0.25) is 0 Å². The maximum atomic E-state index is 4.36. The van der Waals surface area contributed by atoms with E-state index >= 15 is 0 Å². The van der Waals surface area contributed by atoms with E-state index in [1.807, 2.05) is 0 Å². The van der Waals surface area contributed by atoms with Gasteiger partial charge >= 0.3 is 0 Å². The minimum absolute atomic E-state index is 1.12. The van der Waals surface area contributed by atoms with Crippen LogP contribution in [0.4, 0.5) is 0 Å². The van der Waals surface area contributed by atoms with Crippen LogP contribution < -0.4 is 0 Å². The Kier molecular flexibility index (Phi) is 2.59. The molecule has 0 heteroatoms. The lowest BCUT2D eigenvalue weighted by Crippen LogP contribution is -1.95. The fraction of sp³-hybridized carbons (Fsp3) is 0.222. The SMILES string of the molecule is C=C1c2cccc(C)c2CCc2cccc(C)c21. The molecule has 90 valence electrons. The lowest BCUT2D eigenvalue weighted by molar-refractivity contribution is 0.952.